The van der Waals surface area contributed by atoms with Gasteiger partial charge in [-0.25, -0.2) is 9.97 Å². The van der Waals surface area contributed by atoms with Gasteiger partial charge in [0, 0.05) is 30.6 Å². The van der Waals surface area contributed by atoms with Gasteiger partial charge in [-0.15, -0.1) is 0 Å². The van der Waals surface area contributed by atoms with E-state index >= 15 is 0 Å². The first-order valence-corrected chi connectivity index (χ1v) is 6.56. The number of nitrogens with zero attached hydrogens (tertiary/aromatic N) is 3. The van der Waals surface area contributed by atoms with Crippen LogP contribution in [-0.2, 0) is 0 Å². The topological polar surface area (TPSA) is 93.0 Å². The van der Waals surface area contributed by atoms with Gasteiger partial charge in [0.15, 0.2) is 0 Å². The molecule has 20 heavy (non-hydrogen) atoms. The third-order valence-electron chi connectivity index (χ3n) is 2.85. The van der Waals surface area contributed by atoms with E-state index in [-0.39, 0.29) is 5.69 Å². The van der Waals surface area contributed by atoms with Crippen molar-refractivity contribution in [1.29, 1.82) is 0 Å². The smallest absolute Gasteiger partial charge is 0.270 e. The Morgan fingerprint density at radius 3 is 2.85 bits per heavy atom. The van der Waals surface area contributed by atoms with Gasteiger partial charge in [0.2, 0.25) is 0 Å². The fourth-order valence-electron chi connectivity index (χ4n) is 1.87. The first kappa shape index (κ1) is 14.1. The number of nitro groups is 1. The second-order valence-electron chi connectivity index (χ2n) is 4.36. The number of fused-ring (bicyclic) bond motifs is 1. The Kier molecular flexibility index (Phi) is 4.78. The summed E-state index contributed by atoms with van der Waals surface area (Å²) in [6, 6.07) is 4.58. The van der Waals surface area contributed by atoms with Crippen LogP contribution in [0.4, 0.5) is 11.5 Å². The van der Waals surface area contributed by atoms with Crippen LogP contribution in [0.15, 0.2) is 24.5 Å². The Labute approximate surface area is 116 Å². The first-order chi connectivity index (χ1) is 9.72. The van der Waals surface area contributed by atoms with Crippen LogP contribution in [0, 0.1) is 10.1 Å². The first-order valence-electron chi connectivity index (χ1n) is 6.56. The predicted molar refractivity (Wildman–Crippen MR) is 77.8 cm³/mol. The average molecular weight is 275 g/mol. The largest absolute Gasteiger partial charge is 0.368 e. The van der Waals surface area contributed by atoms with Crippen LogP contribution in [0.1, 0.15) is 13.3 Å². The number of nitro benzene ring substituents is 1. The highest BCUT2D eigenvalue weighted by atomic mass is 16.6. The summed E-state index contributed by atoms with van der Waals surface area (Å²) in [7, 11) is 0. The second-order valence-corrected chi connectivity index (χ2v) is 4.36. The number of anilines is 1. The maximum absolute atomic E-state index is 10.8. The van der Waals surface area contributed by atoms with Crippen LogP contribution in [0.25, 0.3) is 10.9 Å². The molecule has 1 aromatic heterocycles. The molecule has 1 aromatic carbocycles. The van der Waals surface area contributed by atoms with E-state index in [1.165, 1.54) is 18.5 Å². The van der Waals surface area contributed by atoms with Crippen molar-refractivity contribution in [2.24, 2.45) is 0 Å². The lowest BCUT2D eigenvalue weighted by Crippen LogP contribution is -2.23. The molecule has 0 atom stereocenters. The van der Waals surface area contributed by atoms with Gasteiger partial charge in [-0.1, -0.05) is 6.92 Å². The molecular formula is C13H17N5O2. The van der Waals surface area contributed by atoms with Gasteiger partial charge in [0.1, 0.15) is 12.1 Å². The fraction of sp³-hybridized carbons (Fsp3) is 0.385. The van der Waals surface area contributed by atoms with E-state index in [0.29, 0.717) is 23.3 Å². The molecule has 0 spiro atoms. The molecule has 106 valence electrons. The van der Waals surface area contributed by atoms with Crippen molar-refractivity contribution in [1.82, 2.24) is 15.3 Å². The lowest BCUT2D eigenvalue weighted by atomic mass is 10.2. The number of rotatable bonds is 7. The van der Waals surface area contributed by atoms with Gasteiger partial charge in [-0.3, -0.25) is 10.1 Å². The minimum atomic E-state index is -0.418. The minimum absolute atomic E-state index is 0.0412. The molecule has 7 nitrogen and oxygen atoms in total. The summed E-state index contributed by atoms with van der Waals surface area (Å²) in [6.45, 7) is 4.60. The molecule has 0 saturated carbocycles. The number of aromatic nitrogens is 2. The molecule has 0 aliphatic rings. The maximum Gasteiger partial charge on any atom is 0.270 e. The quantitative estimate of drug-likeness (QED) is 0.456. The van der Waals surface area contributed by atoms with E-state index in [0.717, 1.165) is 19.5 Å². The summed E-state index contributed by atoms with van der Waals surface area (Å²) in [5.74, 6) is 0.622. The predicted octanol–water partition coefficient (Wildman–Crippen LogP) is 1.95. The zero-order valence-electron chi connectivity index (χ0n) is 11.3. The molecular weight excluding hydrogens is 258 g/mol. The monoisotopic (exact) mass is 275 g/mol. The highest BCUT2D eigenvalue weighted by Gasteiger charge is 2.10. The summed E-state index contributed by atoms with van der Waals surface area (Å²) in [5, 5.41) is 17.9. The lowest BCUT2D eigenvalue weighted by molar-refractivity contribution is -0.384. The van der Waals surface area contributed by atoms with E-state index in [1.54, 1.807) is 6.07 Å². The second kappa shape index (κ2) is 6.76. The van der Waals surface area contributed by atoms with Gasteiger partial charge in [0.25, 0.3) is 5.69 Å². The van der Waals surface area contributed by atoms with Crippen molar-refractivity contribution >= 4 is 22.4 Å². The fourth-order valence-corrected chi connectivity index (χ4v) is 1.87. The third-order valence-corrected chi connectivity index (χ3v) is 2.85. The summed E-state index contributed by atoms with van der Waals surface area (Å²) in [4.78, 5) is 18.7. The molecule has 2 rings (SSSR count). The number of non-ortho nitro benzene ring substituents is 1. The Hall–Kier alpha value is -2.28. The van der Waals surface area contributed by atoms with E-state index in [1.807, 2.05) is 0 Å². The summed E-state index contributed by atoms with van der Waals surface area (Å²) in [5.41, 5.74) is 0.731. The molecule has 0 saturated heterocycles. The molecule has 0 radical (unpaired) electrons. The number of hydrogen-bond acceptors (Lipinski definition) is 6. The van der Waals surface area contributed by atoms with Crippen molar-refractivity contribution in [2.75, 3.05) is 25.0 Å². The summed E-state index contributed by atoms with van der Waals surface area (Å²) < 4.78 is 0. The van der Waals surface area contributed by atoms with Crippen LogP contribution in [0.3, 0.4) is 0 Å². The average Bonchev–Trinajstić information content (AvgIpc) is 2.46. The van der Waals surface area contributed by atoms with Crippen LogP contribution >= 0.6 is 0 Å². The Morgan fingerprint density at radius 1 is 1.25 bits per heavy atom. The number of benzene rings is 1. The SMILES string of the molecule is CCCNCCNc1ncnc2ccc([N+](=O)[O-])cc12. The number of nitrogens with one attached hydrogen (secondary N) is 2. The van der Waals surface area contributed by atoms with E-state index in [9.17, 15) is 10.1 Å². The third kappa shape index (κ3) is 3.39. The van der Waals surface area contributed by atoms with Crippen LogP contribution < -0.4 is 10.6 Å². The molecule has 0 aliphatic heterocycles. The highest BCUT2D eigenvalue weighted by molar-refractivity contribution is 5.90. The van der Waals surface area contributed by atoms with Crippen molar-refractivity contribution < 1.29 is 4.92 Å². The molecule has 0 amide bonds. The van der Waals surface area contributed by atoms with Crippen molar-refractivity contribution in [3.63, 3.8) is 0 Å². The van der Waals surface area contributed by atoms with Crippen molar-refractivity contribution in [3.8, 4) is 0 Å². The molecule has 2 N–H and O–H groups in total. The molecule has 0 aliphatic carbocycles. The Morgan fingerprint density at radius 2 is 2.10 bits per heavy atom. The zero-order valence-corrected chi connectivity index (χ0v) is 11.3. The van der Waals surface area contributed by atoms with Gasteiger partial charge in [-0.2, -0.15) is 0 Å². The van der Waals surface area contributed by atoms with Crippen LogP contribution in [-0.4, -0.2) is 34.5 Å². The molecule has 0 unspecified atom stereocenters. The van der Waals surface area contributed by atoms with Crippen LogP contribution in [0.2, 0.25) is 0 Å². The molecule has 1 heterocycles. The van der Waals surface area contributed by atoms with Gasteiger partial charge < -0.3 is 10.6 Å². The zero-order chi connectivity index (χ0) is 14.4. The Balaban J connectivity index is 2.15. The molecule has 0 fully saturated rings. The van der Waals surface area contributed by atoms with Gasteiger partial charge >= 0.3 is 0 Å². The maximum atomic E-state index is 10.8. The molecule has 7 heteroatoms. The minimum Gasteiger partial charge on any atom is -0.368 e. The van der Waals surface area contributed by atoms with E-state index in [2.05, 4.69) is 27.5 Å². The number of hydrogen-bond donors (Lipinski definition) is 2. The highest BCUT2D eigenvalue weighted by Crippen LogP contribution is 2.23. The van der Waals surface area contributed by atoms with Gasteiger partial charge in [0.05, 0.1) is 10.4 Å². The lowest BCUT2D eigenvalue weighted by Gasteiger charge is -2.08. The van der Waals surface area contributed by atoms with Crippen molar-refractivity contribution in [2.45, 2.75) is 13.3 Å². The normalized spacial score (nSPS) is 10.7. The summed E-state index contributed by atoms with van der Waals surface area (Å²) in [6.07, 6.45) is 2.54. The summed E-state index contributed by atoms with van der Waals surface area (Å²) >= 11 is 0. The van der Waals surface area contributed by atoms with Crippen molar-refractivity contribution in [3.05, 3.63) is 34.6 Å². The Bertz CT molecular complexity index is 602. The molecule has 2 aromatic rings. The van der Waals surface area contributed by atoms with Crippen LogP contribution in [0.5, 0.6) is 0 Å². The van der Waals surface area contributed by atoms with E-state index < -0.39 is 4.92 Å². The van der Waals surface area contributed by atoms with E-state index in [4.69, 9.17) is 0 Å². The molecule has 0 bridgehead atoms. The standard InChI is InChI=1S/C13H17N5O2/c1-2-5-14-6-7-15-13-11-8-10(18(19)20)3-4-12(11)16-9-17-13/h3-4,8-9,14H,2,5-7H2,1H3,(H,15,16,17). The van der Waals surface area contributed by atoms with Gasteiger partial charge in [-0.05, 0) is 19.0 Å².